The van der Waals surface area contributed by atoms with Gasteiger partial charge in [0.15, 0.2) is 0 Å². The van der Waals surface area contributed by atoms with E-state index in [0.717, 1.165) is 39.1 Å². The van der Waals surface area contributed by atoms with Crippen LogP contribution >= 0.6 is 0 Å². The molecule has 1 atom stereocenters. The number of rotatable bonds is 50. The van der Waals surface area contributed by atoms with E-state index in [0.29, 0.717) is 13.0 Å². The third-order valence-corrected chi connectivity index (χ3v) is 12.0. The van der Waals surface area contributed by atoms with Gasteiger partial charge in [0.25, 0.3) is 0 Å². The number of carbonyl (C=O) groups is 1. The van der Waals surface area contributed by atoms with Crippen LogP contribution in [-0.2, 0) is 19.0 Å². The molecular weight excluding hydrogens is 689 g/mol. The molecule has 1 unspecified atom stereocenters. The van der Waals surface area contributed by atoms with Crippen LogP contribution in [0.4, 0.5) is 0 Å². The van der Waals surface area contributed by atoms with Gasteiger partial charge in [-0.15, -0.1) is 0 Å². The van der Waals surface area contributed by atoms with E-state index in [-0.39, 0.29) is 12.1 Å². The fraction of sp³-hybridized carbons (Fsp3) is 0.981. The fourth-order valence-corrected chi connectivity index (χ4v) is 8.19. The van der Waals surface area contributed by atoms with Crippen molar-refractivity contribution in [3.8, 4) is 0 Å². The standard InChI is InChI=1S/C52H104O4/c1-4-7-9-11-13-15-17-19-21-23-25-27-32-36-40-44-48-54-50-51(46-42-38-34-30-29-31-35-39-43-47-52(53)55-6-3)56-49-45-41-37-33-28-26-24-22-20-18-16-14-12-10-8-5-2/h51H,4-50H2,1-3H3. The highest BCUT2D eigenvalue weighted by Gasteiger charge is 2.10. The second kappa shape index (κ2) is 50.5. The van der Waals surface area contributed by atoms with Gasteiger partial charge < -0.3 is 14.2 Å². The number of esters is 1. The molecule has 0 aliphatic rings. The first-order chi connectivity index (χ1) is 27.7. The first-order valence-electron chi connectivity index (χ1n) is 26.1. The maximum atomic E-state index is 11.5. The van der Waals surface area contributed by atoms with E-state index >= 15 is 0 Å². The molecule has 0 heterocycles. The lowest BCUT2D eigenvalue weighted by molar-refractivity contribution is -0.143. The molecule has 0 bridgehead atoms. The molecule has 0 saturated carbocycles. The van der Waals surface area contributed by atoms with E-state index in [2.05, 4.69) is 13.8 Å². The van der Waals surface area contributed by atoms with Crippen LogP contribution in [-0.4, -0.2) is 38.5 Å². The highest BCUT2D eigenvalue weighted by Crippen LogP contribution is 2.17. The summed E-state index contributed by atoms with van der Waals surface area (Å²) in [7, 11) is 0. The van der Waals surface area contributed by atoms with Crippen LogP contribution in [0, 0.1) is 0 Å². The molecule has 0 fully saturated rings. The molecule has 0 radical (unpaired) electrons. The van der Waals surface area contributed by atoms with Crippen LogP contribution in [0.5, 0.6) is 0 Å². The Morgan fingerprint density at radius 3 is 1.02 bits per heavy atom. The highest BCUT2D eigenvalue weighted by molar-refractivity contribution is 5.69. The van der Waals surface area contributed by atoms with Crippen molar-refractivity contribution >= 4 is 5.97 Å². The summed E-state index contributed by atoms with van der Waals surface area (Å²) < 4.78 is 17.7. The Bertz CT molecular complexity index is 711. The minimum atomic E-state index is -0.0366. The summed E-state index contributed by atoms with van der Waals surface area (Å²) in [6, 6.07) is 0. The molecule has 0 aromatic rings. The number of ether oxygens (including phenoxy) is 3. The van der Waals surface area contributed by atoms with Gasteiger partial charge in [-0.3, -0.25) is 4.79 Å². The second-order valence-electron chi connectivity index (χ2n) is 17.7. The summed E-state index contributed by atoms with van der Waals surface area (Å²) in [4.78, 5) is 11.5. The fourth-order valence-electron chi connectivity index (χ4n) is 8.19. The molecular formula is C52H104O4. The quantitative estimate of drug-likeness (QED) is 0.0455. The molecule has 0 N–H and O–H groups in total. The average molecular weight is 793 g/mol. The van der Waals surface area contributed by atoms with E-state index in [4.69, 9.17) is 14.2 Å². The molecule has 4 heteroatoms. The lowest BCUT2D eigenvalue weighted by atomic mass is 10.0. The van der Waals surface area contributed by atoms with Gasteiger partial charge in [0.1, 0.15) is 0 Å². The topological polar surface area (TPSA) is 44.8 Å². The smallest absolute Gasteiger partial charge is 0.305 e. The first-order valence-corrected chi connectivity index (χ1v) is 26.1. The number of carbonyl (C=O) groups excluding carboxylic acids is 1. The Morgan fingerprint density at radius 2 is 0.661 bits per heavy atom. The third kappa shape index (κ3) is 47.8. The summed E-state index contributed by atoms with van der Waals surface area (Å²) in [5, 5.41) is 0. The van der Waals surface area contributed by atoms with Gasteiger partial charge in [0.2, 0.25) is 0 Å². The molecule has 0 rings (SSSR count). The van der Waals surface area contributed by atoms with Crippen molar-refractivity contribution in [2.45, 2.75) is 303 Å². The van der Waals surface area contributed by atoms with Gasteiger partial charge in [-0.05, 0) is 32.6 Å². The maximum absolute atomic E-state index is 11.5. The Kier molecular flexibility index (Phi) is 50.0. The predicted molar refractivity (Wildman–Crippen MR) is 247 cm³/mol. The Morgan fingerprint density at radius 1 is 0.357 bits per heavy atom. The predicted octanol–water partition coefficient (Wildman–Crippen LogP) is 17.8. The minimum absolute atomic E-state index is 0.0366. The van der Waals surface area contributed by atoms with Crippen molar-refractivity contribution in [3.05, 3.63) is 0 Å². The van der Waals surface area contributed by atoms with E-state index in [1.807, 2.05) is 6.92 Å². The van der Waals surface area contributed by atoms with Crippen LogP contribution in [0.15, 0.2) is 0 Å². The van der Waals surface area contributed by atoms with Crippen LogP contribution < -0.4 is 0 Å². The highest BCUT2D eigenvalue weighted by atomic mass is 16.5. The molecule has 56 heavy (non-hydrogen) atoms. The van der Waals surface area contributed by atoms with Gasteiger partial charge in [0, 0.05) is 19.6 Å². The normalized spacial score (nSPS) is 12.1. The number of hydrogen-bond acceptors (Lipinski definition) is 4. The Labute approximate surface area is 353 Å². The summed E-state index contributed by atoms with van der Waals surface area (Å²) >= 11 is 0. The van der Waals surface area contributed by atoms with Gasteiger partial charge in [-0.2, -0.15) is 0 Å². The summed E-state index contributed by atoms with van der Waals surface area (Å²) in [6.45, 7) is 9.57. The van der Waals surface area contributed by atoms with E-state index in [1.165, 1.54) is 250 Å². The monoisotopic (exact) mass is 793 g/mol. The van der Waals surface area contributed by atoms with Gasteiger partial charge in [-0.25, -0.2) is 0 Å². The molecule has 0 aliphatic heterocycles. The van der Waals surface area contributed by atoms with Gasteiger partial charge in [0.05, 0.1) is 19.3 Å². The van der Waals surface area contributed by atoms with E-state index in [9.17, 15) is 4.79 Å². The van der Waals surface area contributed by atoms with Crippen molar-refractivity contribution in [2.24, 2.45) is 0 Å². The lowest BCUT2D eigenvalue weighted by Gasteiger charge is -2.18. The van der Waals surface area contributed by atoms with E-state index < -0.39 is 0 Å². The molecule has 0 amide bonds. The van der Waals surface area contributed by atoms with Crippen molar-refractivity contribution in [3.63, 3.8) is 0 Å². The average Bonchev–Trinajstić information content (AvgIpc) is 3.20. The third-order valence-electron chi connectivity index (χ3n) is 12.0. The summed E-state index contributed by atoms with van der Waals surface area (Å²) in [5.74, 6) is -0.0366. The van der Waals surface area contributed by atoms with Crippen LogP contribution in [0.1, 0.15) is 297 Å². The van der Waals surface area contributed by atoms with Gasteiger partial charge >= 0.3 is 5.97 Å². The Hall–Kier alpha value is -0.610. The molecule has 0 aromatic heterocycles. The van der Waals surface area contributed by atoms with E-state index in [1.54, 1.807) is 0 Å². The zero-order chi connectivity index (χ0) is 40.5. The largest absolute Gasteiger partial charge is 0.466 e. The minimum Gasteiger partial charge on any atom is -0.466 e. The van der Waals surface area contributed by atoms with Crippen LogP contribution in [0.25, 0.3) is 0 Å². The zero-order valence-electron chi connectivity index (χ0n) is 38.9. The number of hydrogen-bond donors (Lipinski definition) is 0. The number of unbranched alkanes of at least 4 members (excludes halogenated alkanes) is 38. The molecule has 0 saturated heterocycles. The van der Waals surface area contributed by atoms with Crippen molar-refractivity contribution in [1.82, 2.24) is 0 Å². The summed E-state index contributed by atoms with van der Waals surface area (Å²) in [5.41, 5.74) is 0. The summed E-state index contributed by atoms with van der Waals surface area (Å²) in [6.07, 6.45) is 58.3. The molecule has 4 nitrogen and oxygen atoms in total. The van der Waals surface area contributed by atoms with Crippen molar-refractivity contribution < 1.29 is 19.0 Å². The molecule has 0 spiro atoms. The molecule has 0 aromatic carbocycles. The first kappa shape index (κ1) is 55.4. The van der Waals surface area contributed by atoms with Crippen molar-refractivity contribution in [1.29, 1.82) is 0 Å². The van der Waals surface area contributed by atoms with Gasteiger partial charge in [-0.1, -0.05) is 258 Å². The van der Waals surface area contributed by atoms with Crippen molar-refractivity contribution in [2.75, 3.05) is 26.4 Å². The SMILES string of the molecule is CCCCCCCCCCCCCCCCCCOCC(CCCCCCCCCCCC(=O)OCC)OCCCCCCCCCCCCCCCCCC. The van der Waals surface area contributed by atoms with Crippen LogP contribution in [0.2, 0.25) is 0 Å². The lowest BCUT2D eigenvalue weighted by Crippen LogP contribution is -2.21. The molecule has 336 valence electrons. The maximum Gasteiger partial charge on any atom is 0.305 e. The molecule has 0 aliphatic carbocycles. The zero-order valence-corrected chi connectivity index (χ0v) is 38.9. The second-order valence-corrected chi connectivity index (χ2v) is 17.7. The van der Waals surface area contributed by atoms with Crippen LogP contribution in [0.3, 0.4) is 0 Å². The Balaban J connectivity index is 3.96.